The molecule has 0 aromatic heterocycles. The molecule has 0 aliphatic rings. The largest absolute Gasteiger partial charge is 0.324 e. The topological polar surface area (TPSA) is 127 Å². The minimum Gasteiger partial charge on any atom is -0.324 e. The molecule has 9 nitrogen and oxygen atoms in total. The van der Waals surface area contributed by atoms with Crippen molar-refractivity contribution in [3.8, 4) is 0 Å². The van der Waals surface area contributed by atoms with E-state index in [0.717, 1.165) is 16.4 Å². The van der Waals surface area contributed by atoms with Gasteiger partial charge in [0.15, 0.2) is 5.78 Å². The Bertz CT molecular complexity index is 1260. The van der Waals surface area contributed by atoms with Gasteiger partial charge >= 0.3 is 0 Å². The van der Waals surface area contributed by atoms with Crippen LogP contribution in [-0.4, -0.2) is 31.6 Å². The summed E-state index contributed by atoms with van der Waals surface area (Å²) >= 11 is 0. The molecule has 1 N–H and O–H groups in total. The first-order chi connectivity index (χ1) is 15.2. The van der Waals surface area contributed by atoms with Gasteiger partial charge in [-0.1, -0.05) is 30.3 Å². The van der Waals surface area contributed by atoms with E-state index in [0.29, 0.717) is 11.3 Å². The number of amides is 1. The maximum absolute atomic E-state index is 13.3. The van der Waals surface area contributed by atoms with E-state index in [1.54, 1.807) is 36.4 Å². The van der Waals surface area contributed by atoms with Crippen molar-refractivity contribution in [2.24, 2.45) is 0 Å². The van der Waals surface area contributed by atoms with Gasteiger partial charge in [-0.25, -0.2) is 8.42 Å². The van der Waals surface area contributed by atoms with Crippen molar-refractivity contribution in [3.05, 3.63) is 94.5 Å². The highest BCUT2D eigenvalue weighted by Crippen LogP contribution is 2.26. The van der Waals surface area contributed by atoms with E-state index in [1.165, 1.54) is 37.3 Å². The summed E-state index contributed by atoms with van der Waals surface area (Å²) in [7, 11) is -4.15. The Morgan fingerprint density at radius 3 is 2.22 bits per heavy atom. The zero-order chi connectivity index (χ0) is 23.3. The van der Waals surface area contributed by atoms with Crippen molar-refractivity contribution in [1.82, 2.24) is 0 Å². The molecule has 0 spiro atoms. The van der Waals surface area contributed by atoms with Gasteiger partial charge in [0.25, 0.3) is 15.7 Å². The van der Waals surface area contributed by atoms with Gasteiger partial charge in [0.1, 0.15) is 6.54 Å². The average molecular weight is 453 g/mol. The van der Waals surface area contributed by atoms with Crippen LogP contribution in [0.4, 0.5) is 17.1 Å². The highest BCUT2D eigenvalue weighted by molar-refractivity contribution is 7.92. The quantitative estimate of drug-likeness (QED) is 0.315. The summed E-state index contributed by atoms with van der Waals surface area (Å²) in [5.74, 6) is -0.830. The maximum atomic E-state index is 13.3. The number of nitrogens with one attached hydrogen (secondary N) is 1. The van der Waals surface area contributed by atoms with Gasteiger partial charge in [0.05, 0.1) is 15.5 Å². The van der Waals surface area contributed by atoms with E-state index in [4.69, 9.17) is 0 Å². The lowest BCUT2D eigenvalue weighted by atomic mass is 10.1. The Kier molecular flexibility index (Phi) is 6.64. The molecule has 0 aliphatic heterocycles. The molecule has 164 valence electrons. The van der Waals surface area contributed by atoms with Crippen LogP contribution in [0.25, 0.3) is 0 Å². The number of anilines is 2. The number of Topliss-reactive ketones (excluding diaryl/α,β-unsaturated/α-hetero) is 1. The van der Waals surface area contributed by atoms with Crippen LogP contribution in [0.1, 0.15) is 17.3 Å². The second kappa shape index (κ2) is 9.40. The maximum Gasteiger partial charge on any atom is 0.269 e. The number of sulfonamides is 1. The Hall–Kier alpha value is -4.05. The molecule has 0 radical (unpaired) electrons. The monoisotopic (exact) mass is 453 g/mol. The second-order valence-corrected chi connectivity index (χ2v) is 8.65. The van der Waals surface area contributed by atoms with E-state index in [9.17, 15) is 28.1 Å². The highest BCUT2D eigenvalue weighted by atomic mass is 32.2. The van der Waals surface area contributed by atoms with E-state index in [1.807, 2.05) is 0 Å². The third-order valence-electron chi connectivity index (χ3n) is 4.52. The Morgan fingerprint density at radius 1 is 0.969 bits per heavy atom. The van der Waals surface area contributed by atoms with Gasteiger partial charge < -0.3 is 5.32 Å². The summed E-state index contributed by atoms with van der Waals surface area (Å²) in [5.41, 5.74) is 0.610. The highest BCUT2D eigenvalue weighted by Gasteiger charge is 2.27. The summed E-state index contributed by atoms with van der Waals surface area (Å²) in [6.07, 6.45) is 0. The fourth-order valence-corrected chi connectivity index (χ4v) is 4.36. The Labute approximate surface area is 184 Å². The van der Waals surface area contributed by atoms with Crippen LogP contribution < -0.4 is 9.62 Å². The van der Waals surface area contributed by atoms with Crippen LogP contribution >= 0.6 is 0 Å². The lowest BCUT2D eigenvalue weighted by Gasteiger charge is -2.24. The summed E-state index contributed by atoms with van der Waals surface area (Å²) in [6.45, 7) is 0.809. The van der Waals surface area contributed by atoms with Crippen molar-refractivity contribution < 1.29 is 22.9 Å². The van der Waals surface area contributed by atoms with E-state index in [-0.39, 0.29) is 22.1 Å². The third kappa shape index (κ3) is 5.16. The molecule has 3 aromatic carbocycles. The first-order valence-electron chi connectivity index (χ1n) is 9.41. The summed E-state index contributed by atoms with van der Waals surface area (Å²) in [4.78, 5) is 34.6. The number of rotatable bonds is 8. The second-order valence-electron chi connectivity index (χ2n) is 6.78. The fourth-order valence-electron chi connectivity index (χ4n) is 2.92. The molecule has 0 atom stereocenters. The van der Waals surface area contributed by atoms with Crippen LogP contribution in [0.3, 0.4) is 0 Å². The van der Waals surface area contributed by atoms with E-state index >= 15 is 0 Å². The number of nitro groups is 1. The molecule has 0 fully saturated rings. The number of carbonyl (C=O) groups is 2. The molecule has 1 amide bonds. The summed E-state index contributed by atoms with van der Waals surface area (Å²) in [5, 5.41) is 13.5. The van der Waals surface area contributed by atoms with Crippen LogP contribution in [0.5, 0.6) is 0 Å². The molecule has 0 unspecified atom stereocenters. The minimum absolute atomic E-state index is 0.0373. The molecule has 0 saturated carbocycles. The van der Waals surface area contributed by atoms with Gasteiger partial charge in [-0.3, -0.25) is 24.0 Å². The first kappa shape index (κ1) is 22.6. The molecule has 0 saturated heterocycles. The van der Waals surface area contributed by atoms with Crippen LogP contribution in [-0.2, 0) is 14.8 Å². The number of ketones is 1. The number of hydrogen-bond acceptors (Lipinski definition) is 6. The Morgan fingerprint density at radius 2 is 1.62 bits per heavy atom. The number of non-ortho nitro benzene ring substituents is 1. The van der Waals surface area contributed by atoms with Gasteiger partial charge in [0, 0.05) is 23.4 Å². The van der Waals surface area contributed by atoms with E-state index < -0.39 is 27.4 Å². The number of benzene rings is 3. The normalized spacial score (nSPS) is 10.9. The molecule has 0 heterocycles. The van der Waals surface area contributed by atoms with Crippen molar-refractivity contribution in [2.75, 3.05) is 16.2 Å². The predicted octanol–water partition coefficient (Wildman–Crippen LogP) is 3.63. The zero-order valence-corrected chi connectivity index (χ0v) is 17.8. The third-order valence-corrected chi connectivity index (χ3v) is 6.31. The molecule has 32 heavy (non-hydrogen) atoms. The van der Waals surface area contributed by atoms with Gasteiger partial charge in [-0.2, -0.15) is 0 Å². The van der Waals surface area contributed by atoms with Crippen molar-refractivity contribution >= 4 is 38.8 Å². The van der Waals surface area contributed by atoms with Gasteiger partial charge in [-0.15, -0.1) is 0 Å². The Balaban J connectivity index is 1.93. The number of nitro benzene ring substituents is 1. The molecule has 0 aliphatic carbocycles. The molecule has 10 heteroatoms. The molecule has 3 rings (SSSR count). The fraction of sp³-hybridized carbons (Fsp3) is 0.0909. The van der Waals surface area contributed by atoms with Crippen LogP contribution in [0.2, 0.25) is 0 Å². The van der Waals surface area contributed by atoms with Crippen molar-refractivity contribution in [2.45, 2.75) is 11.8 Å². The number of hydrogen-bond donors (Lipinski definition) is 1. The van der Waals surface area contributed by atoms with Crippen molar-refractivity contribution in [3.63, 3.8) is 0 Å². The van der Waals surface area contributed by atoms with Gasteiger partial charge in [-0.05, 0) is 43.3 Å². The summed E-state index contributed by atoms with van der Waals surface area (Å²) < 4.78 is 27.4. The molecular weight excluding hydrogens is 434 g/mol. The lowest BCUT2D eigenvalue weighted by molar-refractivity contribution is -0.384. The lowest BCUT2D eigenvalue weighted by Crippen LogP contribution is -2.38. The smallest absolute Gasteiger partial charge is 0.269 e. The average Bonchev–Trinajstić information content (AvgIpc) is 2.78. The molecule has 0 bridgehead atoms. The minimum atomic E-state index is -4.15. The van der Waals surface area contributed by atoms with E-state index in [2.05, 4.69) is 5.32 Å². The molecular formula is C22H19N3O6S. The number of carbonyl (C=O) groups excluding carboxylic acids is 2. The zero-order valence-electron chi connectivity index (χ0n) is 17.0. The SMILES string of the molecule is CC(=O)c1cccc(NC(=O)CN(c2ccc([N+](=O)[O-])cc2)S(=O)(=O)c2ccccc2)c1. The van der Waals surface area contributed by atoms with Crippen LogP contribution in [0, 0.1) is 10.1 Å². The first-order valence-corrected chi connectivity index (χ1v) is 10.9. The standard InChI is InChI=1S/C22H19N3O6S/c1-16(26)17-6-5-7-18(14-17)23-22(27)15-24(19-10-12-20(13-11-19)25(28)29)32(30,31)21-8-3-2-4-9-21/h2-14H,15H2,1H3,(H,23,27). The molecule has 3 aromatic rings. The van der Waals surface area contributed by atoms with Crippen molar-refractivity contribution in [1.29, 1.82) is 0 Å². The van der Waals surface area contributed by atoms with Gasteiger partial charge in [0.2, 0.25) is 5.91 Å². The predicted molar refractivity (Wildman–Crippen MR) is 119 cm³/mol. The summed E-state index contributed by atoms with van der Waals surface area (Å²) in [6, 6.07) is 18.7. The van der Waals surface area contributed by atoms with Crippen LogP contribution in [0.15, 0.2) is 83.8 Å². The number of nitrogens with zero attached hydrogens (tertiary/aromatic N) is 2.